The lowest BCUT2D eigenvalue weighted by atomic mass is 9.46. The van der Waals surface area contributed by atoms with Gasteiger partial charge in [-0.05, 0) is 86.5 Å². The third-order valence-electron chi connectivity index (χ3n) is 8.96. The van der Waals surface area contributed by atoms with Crippen LogP contribution in [0, 0.1) is 22.7 Å². The molecule has 35 heavy (non-hydrogen) atoms. The number of fused-ring (bicyclic) bond motifs is 1. The van der Waals surface area contributed by atoms with Crippen molar-refractivity contribution in [1.29, 1.82) is 0 Å². The lowest BCUT2D eigenvalue weighted by Crippen LogP contribution is -2.53. The summed E-state index contributed by atoms with van der Waals surface area (Å²) in [6.07, 6.45) is 8.55. The van der Waals surface area contributed by atoms with Crippen molar-refractivity contribution in [2.45, 2.75) is 65.3 Å². The molecule has 1 heterocycles. The van der Waals surface area contributed by atoms with Gasteiger partial charge in [-0.3, -0.25) is 9.59 Å². The van der Waals surface area contributed by atoms with Crippen molar-refractivity contribution in [1.82, 2.24) is 4.90 Å². The second-order valence-corrected chi connectivity index (χ2v) is 11.0. The minimum absolute atomic E-state index is 0.0201. The van der Waals surface area contributed by atoms with E-state index in [1.807, 2.05) is 43.4 Å². The number of carbonyl (C=O) groups excluding carboxylic acids is 2. The van der Waals surface area contributed by atoms with E-state index in [4.69, 9.17) is 9.15 Å². The Balaban J connectivity index is 1.48. The van der Waals surface area contributed by atoms with E-state index in [9.17, 15) is 9.59 Å². The van der Waals surface area contributed by atoms with Gasteiger partial charge in [-0.25, -0.2) is 0 Å². The minimum Gasteiger partial charge on any atom is -0.469 e. The first kappa shape index (κ1) is 25.3. The summed E-state index contributed by atoms with van der Waals surface area (Å²) in [6.45, 7) is 9.39. The molecule has 1 aromatic carbocycles. The van der Waals surface area contributed by atoms with E-state index in [-0.39, 0.29) is 17.3 Å². The molecule has 5 nitrogen and oxygen atoms in total. The second kappa shape index (κ2) is 10.0. The van der Waals surface area contributed by atoms with E-state index in [1.165, 1.54) is 12.7 Å². The van der Waals surface area contributed by atoms with Crippen LogP contribution in [-0.2, 0) is 22.5 Å². The van der Waals surface area contributed by atoms with E-state index in [2.05, 4.69) is 20.4 Å². The standard InChI is InChI=1S/C30H39NO4/c1-21-12-15-26-29(2,17-9-18-30(26,3)28(33)34-5)24(21)14-13-22-16-19-35-25(22)20-31(4)27(32)23-10-7-6-8-11-23/h6-8,10-11,16,19,24,26H,1,9,12-15,17-18,20H2,2-5H3/t24-,26+,29-,30-/m0/s1. The largest absolute Gasteiger partial charge is 0.469 e. The summed E-state index contributed by atoms with van der Waals surface area (Å²) < 4.78 is 11.1. The molecular weight excluding hydrogens is 438 g/mol. The van der Waals surface area contributed by atoms with Crippen molar-refractivity contribution in [3.05, 3.63) is 71.7 Å². The van der Waals surface area contributed by atoms with Gasteiger partial charge in [-0.1, -0.05) is 43.7 Å². The number of allylic oxidation sites excluding steroid dienone is 1. The number of carbonyl (C=O) groups is 2. The van der Waals surface area contributed by atoms with Crippen molar-refractivity contribution in [3.8, 4) is 0 Å². The van der Waals surface area contributed by atoms with Crippen LogP contribution in [-0.4, -0.2) is 30.9 Å². The van der Waals surface area contributed by atoms with Crippen molar-refractivity contribution in [2.75, 3.05) is 14.2 Å². The van der Waals surface area contributed by atoms with E-state index in [0.717, 1.165) is 56.3 Å². The van der Waals surface area contributed by atoms with Gasteiger partial charge < -0.3 is 14.1 Å². The van der Waals surface area contributed by atoms with Gasteiger partial charge in [0.15, 0.2) is 0 Å². The zero-order valence-electron chi connectivity index (χ0n) is 21.6. The molecule has 2 aliphatic carbocycles. The maximum absolute atomic E-state index is 12.8. The fraction of sp³-hybridized carbons (Fsp3) is 0.533. The Bertz CT molecular complexity index is 1070. The average molecular weight is 478 g/mol. The van der Waals surface area contributed by atoms with Crippen molar-refractivity contribution in [3.63, 3.8) is 0 Å². The summed E-state index contributed by atoms with van der Waals surface area (Å²) in [6, 6.07) is 11.4. The summed E-state index contributed by atoms with van der Waals surface area (Å²) in [7, 11) is 3.32. The second-order valence-electron chi connectivity index (χ2n) is 11.0. The first-order valence-corrected chi connectivity index (χ1v) is 12.8. The zero-order valence-corrected chi connectivity index (χ0v) is 21.6. The smallest absolute Gasteiger partial charge is 0.311 e. The Morgan fingerprint density at radius 1 is 1.17 bits per heavy atom. The number of hydrogen-bond acceptors (Lipinski definition) is 4. The molecule has 5 heteroatoms. The van der Waals surface area contributed by atoms with Crippen LogP contribution in [0.25, 0.3) is 0 Å². The molecule has 2 aliphatic rings. The van der Waals surface area contributed by atoms with Crippen LogP contribution in [0.2, 0.25) is 0 Å². The summed E-state index contributed by atoms with van der Waals surface area (Å²) in [5, 5.41) is 0. The number of benzene rings is 1. The highest BCUT2D eigenvalue weighted by atomic mass is 16.5. The summed E-state index contributed by atoms with van der Waals surface area (Å²) in [4.78, 5) is 27.3. The summed E-state index contributed by atoms with van der Waals surface area (Å²) in [5.41, 5.74) is 2.72. The number of ether oxygens (including phenoxy) is 1. The highest BCUT2D eigenvalue weighted by Crippen LogP contribution is 2.62. The molecule has 0 N–H and O–H groups in total. The van der Waals surface area contributed by atoms with Gasteiger partial charge >= 0.3 is 5.97 Å². The molecule has 0 unspecified atom stereocenters. The van der Waals surface area contributed by atoms with Crippen LogP contribution < -0.4 is 0 Å². The van der Waals surface area contributed by atoms with Gasteiger partial charge in [0.05, 0.1) is 25.3 Å². The van der Waals surface area contributed by atoms with Crippen LogP contribution >= 0.6 is 0 Å². The third-order valence-corrected chi connectivity index (χ3v) is 8.96. The molecule has 0 aliphatic heterocycles. The predicted octanol–water partition coefficient (Wildman–Crippen LogP) is 6.44. The van der Waals surface area contributed by atoms with Crippen LogP contribution in [0.1, 0.15) is 74.1 Å². The highest BCUT2D eigenvalue weighted by molar-refractivity contribution is 5.93. The lowest BCUT2D eigenvalue weighted by molar-refractivity contribution is -0.168. The first-order valence-electron chi connectivity index (χ1n) is 12.8. The summed E-state index contributed by atoms with van der Waals surface area (Å²) in [5.74, 6) is 1.39. The minimum atomic E-state index is -0.429. The molecule has 2 fully saturated rings. The highest BCUT2D eigenvalue weighted by Gasteiger charge is 2.57. The topological polar surface area (TPSA) is 59.8 Å². The maximum Gasteiger partial charge on any atom is 0.311 e. The SMILES string of the molecule is C=C1CC[C@@H]2[C@@](C)(CCC[C@]2(C)C(=O)OC)[C@H]1CCc1ccoc1CN(C)C(=O)c1ccccc1. The van der Waals surface area contributed by atoms with Crippen LogP contribution in [0.4, 0.5) is 0 Å². The number of furan rings is 1. The van der Waals surface area contributed by atoms with E-state index in [0.29, 0.717) is 23.9 Å². The third kappa shape index (κ3) is 4.70. The number of nitrogens with zero attached hydrogens (tertiary/aromatic N) is 1. The molecule has 2 aromatic rings. The van der Waals surface area contributed by atoms with Crippen LogP contribution in [0.15, 0.2) is 59.2 Å². The van der Waals surface area contributed by atoms with Gasteiger partial charge in [-0.2, -0.15) is 0 Å². The monoisotopic (exact) mass is 477 g/mol. The van der Waals surface area contributed by atoms with Gasteiger partial charge in [0.1, 0.15) is 5.76 Å². The first-order chi connectivity index (χ1) is 16.7. The molecule has 2 saturated carbocycles. The Hall–Kier alpha value is -2.82. The Morgan fingerprint density at radius 2 is 1.91 bits per heavy atom. The number of methoxy groups -OCH3 is 1. The number of esters is 1. The lowest BCUT2D eigenvalue weighted by Gasteiger charge is -2.57. The number of aryl methyl sites for hydroxylation is 1. The molecule has 0 radical (unpaired) electrons. The summed E-state index contributed by atoms with van der Waals surface area (Å²) >= 11 is 0. The number of amides is 1. The quantitative estimate of drug-likeness (QED) is 0.340. The molecule has 4 atom stereocenters. The Morgan fingerprint density at radius 3 is 2.63 bits per heavy atom. The zero-order chi connectivity index (χ0) is 25.2. The maximum atomic E-state index is 12.8. The van der Waals surface area contributed by atoms with Gasteiger partial charge in [-0.15, -0.1) is 0 Å². The van der Waals surface area contributed by atoms with Gasteiger partial charge in [0.2, 0.25) is 0 Å². The van der Waals surface area contributed by atoms with Crippen molar-refractivity contribution < 1.29 is 18.7 Å². The van der Waals surface area contributed by atoms with Crippen molar-refractivity contribution >= 4 is 11.9 Å². The molecule has 0 bridgehead atoms. The molecule has 1 aromatic heterocycles. The molecule has 188 valence electrons. The molecule has 0 spiro atoms. The van der Waals surface area contributed by atoms with Gasteiger partial charge in [0, 0.05) is 12.6 Å². The Kier molecular flexibility index (Phi) is 7.25. The number of rotatable bonds is 7. The fourth-order valence-corrected chi connectivity index (χ4v) is 7.08. The Labute approximate surface area is 209 Å². The van der Waals surface area contributed by atoms with E-state index >= 15 is 0 Å². The van der Waals surface area contributed by atoms with E-state index < -0.39 is 5.41 Å². The molecule has 4 rings (SSSR count). The van der Waals surface area contributed by atoms with Crippen LogP contribution in [0.5, 0.6) is 0 Å². The average Bonchev–Trinajstić information content (AvgIpc) is 3.29. The normalized spacial score (nSPS) is 28.3. The number of hydrogen-bond donors (Lipinski definition) is 0. The van der Waals surface area contributed by atoms with Crippen molar-refractivity contribution in [2.24, 2.45) is 22.7 Å². The molecular formula is C30H39NO4. The fourth-order valence-electron chi connectivity index (χ4n) is 7.08. The predicted molar refractivity (Wildman–Crippen MR) is 137 cm³/mol. The molecule has 1 amide bonds. The van der Waals surface area contributed by atoms with E-state index in [1.54, 1.807) is 11.2 Å². The van der Waals surface area contributed by atoms with Crippen LogP contribution in [0.3, 0.4) is 0 Å². The van der Waals surface area contributed by atoms with Gasteiger partial charge in [0.25, 0.3) is 5.91 Å². The molecule has 0 saturated heterocycles.